The third-order valence-corrected chi connectivity index (χ3v) is 8.22. The Bertz CT molecular complexity index is 1300. The molecule has 0 bridgehead atoms. The molecule has 0 aromatic heterocycles. The van der Waals surface area contributed by atoms with E-state index in [0.717, 1.165) is 17.7 Å². The number of rotatable bonds is 8. The lowest BCUT2D eigenvalue weighted by molar-refractivity contribution is -0.151. The van der Waals surface area contributed by atoms with Crippen LogP contribution in [0.5, 0.6) is 0 Å². The molecular weight excluding hydrogens is 517 g/mol. The minimum absolute atomic E-state index is 0.0671. The molecule has 212 valence electrons. The zero-order valence-electron chi connectivity index (χ0n) is 23.0. The summed E-state index contributed by atoms with van der Waals surface area (Å²) in [6.07, 6.45) is -2.43. The number of alkyl halides is 3. The van der Waals surface area contributed by atoms with Gasteiger partial charge in [0, 0.05) is 30.7 Å². The molecule has 1 aliphatic heterocycles. The van der Waals surface area contributed by atoms with Gasteiger partial charge in [0.15, 0.2) is 0 Å². The molecule has 4 rings (SSSR count). The van der Waals surface area contributed by atoms with Gasteiger partial charge < -0.3 is 10.1 Å². The van der Waals surface area contributed by atoms with E-state index in [4.69, 9.17) is 4.74 Å². The van der Waals surface area contributed by atoms with E-state index in [1.807, 2.05) is 37.3 Å². The van der Waals surface area contributed by atoms with Crippen LogP contribution in [-0.2, 0) is 21.1 Å². The van der Waals surface area contributed by atoms with Gasteiger partial charge in [-0.15, -0.1) is 0 Å². The fraction of sp³-hybridized carbons (Fsp3) is 0.375. The fourth-order valence-corrected chi connectivity index (χ4v) is 5.87. The molecule has 1 amide bonds. The number of nitrogens with zero attached hydrogens (tertiary/aromatic N) is 1. The van der Waals surface area contributed by atoms with Gasteiger partial charge in [-0.2, -0.15) is 13.2 Å². The summed E-state index contributed by atoms with van der Waals surface area (Å²) in [5, 5.41) is 3.12. The number of hydrogen-bond acceptors (Lipinski definition) is 4. The van der Waals surface area contributed by atoms with E-state index in [1.165, 1.54) is 19.2 Å². The number of halogens is 3. The first-order valence-electron chi connectivity index (χ1n) is 13.6. The molecule has 1 fully saturated rings. The number of piperidine rings is 1. The molecule has 0 saturated carbocycles. The predicted octanol–water partition coefficient (Wildman–Crippen LogP) is 6.48. The van der Waals surface area contributed by atoms with E-state index in [-0.39, 0.29) is 24.0 Å². The Kier molecular flexibility index (Phi) is 8.98. The predicted molar refractivity (Wildman–Crippen MR) is 149 cm³/mol. The van der Waals surface area contributed by atoms with Crippen LogP contribution >= 0.6 is 0 Å². The summed E-state index contributed by atoms with van der Waals surface area (Å²) in [5.41, 5.74) is 0.915. The van der Waals surface area contributed by atoms with Crippen molar-refractivity contribution in [2.75, 3.05) is 20.2 Å². The molecule has 1 saturated heterocycles. The maximum Gasteiger partial charge on any atom is 0.416 e. The second kappa shape index (κ2) is 12.3. The smallest absolute Gasteiger partial charge is 0.416 e. The molecule has 1 heterocycles. The lowest BCUT2D eigenvalue weighted by Gasteiger charge is -2.45. The van der Waals surface area contributed by atoms with Crippen molar-refractivity contribution in [1.82, 2.24) is 10.2 Å². The maximum atomic E-state index is 13.3. The number of ether oxygens (including phenoxy) is 1. The summed E-state index contributed by atoms with van der Waals surface area (Å²) < 4.78 is 44.3. The van der Waals surface area contributed by atoms with E-state index >= 15 is 0 Å². The Morgan fingerprint density at radius 1 is 0.925 bits per heavy atom. The summed E-state index contributed by atoms with van der Waals surface area (Å²) in [7, 11) is 1.42. The fourth-order valence-electron chi connectivity index (χ4n) is 5.87. The summed E-state index contributed by atoms with van der Waals surface area (Å²) in [4.78, 5) is 28.8. The molecule has 0 aliphatic carbocycles. The molecule has 2 unspecified atom stereocenters. The lowest BCUT2D eigenvalue weighted by Crippen LogP contribution is -2.57. The van der Waals surface area contributed by atoms with Gasteiger partial charge in [-0.05, 0) is 61.1 Å². The van der Waals surface area contributed by atoms with Gasteiger partial charge in [-0.1, -0.05) is 67.6 Å². The van der Waals surface area contributed by atoms with Crippen molar-refractivity contribution in [1.29, 1.82) is 0 Å². The highest BCUT2D eigenvalue weighted by Gasteiger charge is 2.47. The number of nitrogens with one attached hydrogen (secondary N) is 1. The molecule has 0 radical (unpaired) electrons. The first-order chi connectivity index (χ1) is 19.1. The standard InChI is InChI=1S/C32H35F3N2O3/c1-4-31(30(39)40-3,24-10-6-5-7-11-24)22(2)37-20-18-26(19-21-37)36-29(38)28-13-9-8-12-27(28)23-14-16-25(17-15-23)32(33,34)35/h5-17,22,26H,4,18-21H2,1-3H3,(H,36,38). The second-order valence-electron chi connectivity index (χ2n) is 10.3. The van der Waals surface area contributed by atoms with E-state index in [2.05, 4.69) is 17.1 Å². The molecule has 40 heavy (non-hydrogen) atoms. The zero-order chi connectivity index (χ0) is 28.9. The molecule has 1 aliphatic rings. The van der Waals surface area contributed by atoms with E-state index < -0.39 is 17.2 Å². The SMILES string of the molecule is CCC(C(=O)OC)(c1ccccc1)C(C)N1CCC(NC(=O)c2ccccc2-c2ccc(C(F)(F)F)cc2)CC1. The molecular formula is C32H35F3N2O3. The Balaban J connectivity index is 1.45. The summed E-state index contributed by atoms with van der Waals surface area (Å²) >= 11 is 0. The summed E-state index contributed by atoms with van der Waals surface area (Å²) in [5.74, 6) is -0.521. The van der Waals surface area contributed by atoms with Crippen molar-refractivity contribution in [2.45, 2.75) is 56.8 Å². The number of carbonyl (C=O) groups excluding carboxylic acids is 2. The average molecular weight is 553 g/mol. The first-order valence-corrected chi connectivity index (χ1v) is 13.6. The van der Waals surface area contributed by atoms with Gasteiger partial charge in [-0.25, -0.2) is 0 Å². The van der Waals surface area contributed by atoms with Crippen LogP contribution in [0, 0.1) is 0 Å². The van der Waals surface area contributed by atoms with E-state index in [9.17, 15) is 22.8 Å². The van der Waals surface area contributed by atoms with Crippen molar-refractivity contribution in [2.24, 2.45) is 0 Å². The Hall–Kier alpha value is -3.65. The van der Waals surface area contributed by atoms with Crippen LogP contribution in [0.2, 0.25) is 0 Å². The average Bonchev–Trinajstić information content (AvgIpc) is 2.98. The third-order valence-electron chi connectivity index (χ3n) is 8.22. The van der Waals surface area contributed by atoms with Gasteiger partial charge in [0.2, 0.25) is 0 Å². The highest BCUT2D eigenvalue weighted by Crippen LogP contribution is 2.37. The van der Waals surface area contributed by atoms with Gasteiger partial charge in [0.05, 0.1) is 12.7 Å². The van der Waals surface area contributed by atoms with Crippen LogP contribution < -0.4 is 5.32 Å². The van der Waals surface area contributed by atoms with Crippen molar-refractivity contribution < 1.29 is 27.5 Å². The molecule has 1 N–H and O–H groups in total. The second-order valence-corrected chi connectivity index (χ2v) is 10.3. The third kappa shape index (κ3) is 5.92. The maximum absolute atomic E-state index is 13.3. The first kappa shape index (κ1) is 29.3. The quantitative estimate of drug-likeness (QED) is 0.325. The number of hydrogen-bond donors (Lipinski definition) is 1. The van der Waals surface area contributed by atoms with Crippen molar-refractivity contribution in [3.8, 4) is 11.1 Å². The summed E-state index contributed by atoms with van der Waals surface area (Å²) in [6.45, 7) is 5.45. The van der Waals surface area contributed by atoms with Crippen LogP contribution in [0.15, 0.2) is 78.9 Å². The van der Waals surface area contributed by atoms with Crippen molar-refractivity contribution >= 4 is 11.9 Å². The molecule has 3 aromatic carbocycles. The number of carbonyl (C=O) groups is 2. The molecule has 0 spiro atoms. The van der Waals surface area contributed by atoms with Gasteiger partial charge in [-0.3, -0.25) is 14.5 Å². The Labute approximate surface area is 233 Å². The van der Waals surface area contributed by atoms with E-state index in [0.29, 0.717) is 49.0 Å². The number of amides is 1. The minimum Gasteiger partial charge on any atom is -0.468 e. The van der Waals surface area contributed by atoms with Crippen LogP contribution in [0.4, 0.5) is 13.2 Å². The zero-order valence-corrected chi connectivity index (χ0v) is 23.0. The molecule has 5 nitrogen and oxygen atoms in total. The number of methoxy groups -OCH3 is 1. The largest absolute Gasteiger partial charge is 0.468 e. The molecule has 3 aromatic rings. The normalized spacial score (nSPS) is 17.1. The number of benzene rings is 3. The topological polar surface area (TPSA) is 58.6 Å². The van der Waals surface area contributed by atoms with Crippen LogP contribution in [0.3, 0.4) is 0 Å². The molecule has 8 heteroatoms. The Morgan fingerprint density at radius 3 is 2.10 bits per heavy atom. The monoisotopic (exact) mass is 552 g/mol. The van der Waals surface area contributed by atoms with Crippen LogP contribution in [0.25, 0.3) is 11.1 Å². The highest BCUT2D eigenvalue weighted by molar-refractivity contribution is 6.01. The van der Waals surface area contributed by atoms with Gasteiger partial charge >= 0.3 is 12.1 Å². The summed E-state index contributed by atoms with van der Waals surface area (Å²) in [6, 6.07) is 21.3. The van der Waals surface area contributed by atoms with Crippen LogP contribution in [-0.4, -0.2) is 49.1 Å². The number of esters is 1. The number of likely N-dealkylation sites (tertiary alicyclic amines) is 1. The van der Waals surface area contributed by atoms with Crippen molar-refractivity contribution in [3.63, 3.8) is 0 Å². The van der Waals surface area contributed by atoms with E-state index in [1.54, 1.807) is 24.3 Å². The van der Waals surface area contributed by atoms with Crippen LogP contribution in [0.1, 0.15) is 54.6 Å². The highest BCUT2D eigenvalue weighted by atomic mass is 19.4. The van der Waals surface area contributed by atoms with Crippen molar-refractivity contribution in [3.05, 3.63) is 95.6 Å². The van der Waals surface area contributed by atoms with Gasteiger partial charge in [0.25, 0.3) is 5.91 Å². The lowest BCUT2D eigenvalue weighted by atomic mass is 9.71. The van der Waals surface area contributed by atoms with Gasteiger partial charge in [0.1, 0.15) is 5.41 Å². The minimum atomic E-state index is -4.42. The Morgan fingerprint density at radius 2 is 1.52 bits per heavy atom. The molecule has 2 atom stereocenters.